The molecule has 0 atom stereocenters. The van der Waals surface area contributed by atoms with Crippen LogP contribution in [0.4, 0.5) is 13.2 Å². The van der Waals surface area contributed by atoms with E-state index in [9.17, 15) is 13.2 Å². The second-order valence-electron chi connectivity index (χ2n) is 7.00. The van der Waals surface area contributed by atoms with Crippen LogP contribution in [0.5, 0.6) is 0 Å². The van der Waals surface area contributed by atoms with Crippen LogP contribution in [0.15, 0.2) is 17.4 Å². The Morgan fingerprint density at radius 2 is 1.93 bits per heavy atom. The molecule has 2 N–H and O–H groups in total. The molecule has 0 spiro atoms. The zero-order chi connectivity index (χ0) is 21.3. The van der Waals surface area contributed by atoms with E-state index in [1.165, 1.54) is 11.3 Å². The molecule has 0 fully saturated rings. The van der Waals surface area contributed by atoms with Gasteiger partial charge in [-0.15, -0.1) is 11.3 Å². The van der Waals surface area contributed by atoms with Crippen LogP contribution < -0.4 is 10.7 Å². The van der Waals surface area contributed by atoms with E-state index in [1.807, 2.05) is 20.8 Å². The fraction of sp³-hybridized carbons (Fsp3) is 0.412. The van der Waals surface area contributed by atoms with Crippen LogP contribution in [0.3, 0.4) is 0 Å². The molecule has 0 unspecified atom stereocenters. The third-order valence-electron chi connectivity index (χ3n) is 3.31. The number of hydrogen-bond donors (Lipinski definition) is 2. The average Bonchev–Trinajstić information content (AvgIpc) is 2.91. The van der Waals surface area contributed by atoms with Gasteiger partial charge >= 0.3 is 6.18 Å². The third kappa shape index (κ3) is 5.86. The average molecular weight is 450 g/mol. The molecule has 2 aromatic heterocycles. The summed E-state index contributed by atoms with van der Waals surface area (Å²) in [5.41, 5.74) is 3.15. The Balaban J connectivity index is 2.25. The number of nitrogens with one attached hydrogen (secondary N) is 2. The fourth-order valence-electron chi connectivity index (χ4n) is 2.14. The summed E-state index contributed by atoms with van der Waals surface area (Å²) < 4.78 is 38.3. The summed E-state index contributed by atoms with van der Waals surface area (Å²) >= 11 is 12.4. The maximum absolute atomic E-state index is 12.8. The first-order chi connectivity index (χ1) is 12.8. The first kappa shape index (κ1) is 22.5. The molecule has 0 amide bonds. The standard InChI is InChI=1S/C17H19ClF3N5S2/c1-8-13(9(2)25-26-15(27)24-16(3,4)5)28-14(23-8)12-11(18)6-10(7-22-12)17(19,20)21/h6-7H,1-5H3,(H2,24,26,27)/b25-9+. The van der Waals surface area contributed by atoms with Crippen molar-refractivity contribution in [3.05, 3.63) is 33.4 Å². The predicted molar refractivity (Wildman–Crippen MR) is 111 cm³/mol. The fourth-order valence-corrected chi connectivity index (χ4v) is 3.82. The number of aromatic nitrogens is 2. The molecule has 2 rings (SSSR count). The van der Waals surface area contributed by atoms with Gasteiger partial charge in [-0.3, -0.25) is 10.4 Å². The maximum atomic E-state index is 12.8. The monoisotopic (exact) mass is 449 g/mol. The van der Waals surface area contributed by atoms with Gasteiger partial charge in [-0.2, -0.15) is 18.3 Å². The highest BCUT2D eigenvalue weighted by Gasteiger charge is 2.32. The number of aryl methyl sites for hydroxylation is 1. The molecule has 5 nitrogen and oxygen atoms in total. The number of thiazole rings is 1. The minimum absolute atomic E-state index is 0.113. The molecule has 28 heavy (non-hydrogen) atoms. The Bertz CT molecular complexity index is 916. The lowest BCUT2D eigenvalue weighted by molar-refractivity contribution is -0.137. The van der Waals surface area contributed by atoms with Crippen molar-refractivity contribution < 1.29 is 13.2 Å². The van der Waals surface area contributed by atoms with Crippen molar-refractivity contribution in [2.75, 3.05) is 0 Å². The lowest BCUT2D eigenvalue weighted by atomic mass is 10.1. The van der Waals surface area contributed by atoms with Crippen LogP contribution in [-0.4, -0.2) is 26.3 Å². The molecular formula is C17H19ClF3N5S2. The van der Waals surface area contributed by atoms with Crippen LogP contribution in [0.25, 0.3) is 10.7 Å². The van der Waals surface area contributed by atoms with Crippen LogP contribution in [0.2, 0.25) is 5.02 Å². The van der Waals surface area contributed by atoms with Gasteiger partial charge in [0.15, 0.2) is 5.11 Å². The topological polar surface area (TPSA) is 62.2 Å². The lowest BCUT2D eigenvalue weighted by Crippen LogP contribution is -2.44. The van der Waals surface area contributed by atoms with E-state index in [2.05, 4.69) is 25.8 Å². The Hall–Kier alpha value is -1.78. The molecule has 2 aromatic rings. The largest absolute Gasteiger partial charge is 0.417 e. The second kappa shape index (κ2) is 8.30. The van der Waals surface area contributed by atoms with Crippen molar-refractivity contribution in [2.24, 2.45) is 5.10 Å². The van der Waals surface area contributed by atoms with E-state index < -0.39 is 11.7 Å². The number of hydrazone groups is 1. The Morgan fingerprint density at radius 3 is 2.46 bits per heavy atom. The van der Waals surface area contributed by atoms with E-state index in [4.69, 9.17) is 23.8 Å². The van der Waals surface area contributed by atoms with Gasteiger partial charge in [0.2, 0.25) is 0 Å². The number of thiocarbonyl (C=S) groups is 1. The summed E-state index contributed by atoms with van der Waals surface area (Å²) in [6.07, 6.45) is -3.76. The van der Waals surface area contributed by atoms with Crippen molar-refractivity contribution in [2.45, 2.75) is 46.3 Å². The zero-order valence-electron chi connectivity index (χ0n) is 15.8. The quantitative estimate of drug-likeness (QED) is 0.384. The van der Waals surface area contributed by atoms with E-state index in [-0.39, 0.29) is 16.3 Å². The van der Waals surface area contributed by atoms with Crippen molar-refractivity contribution in [3.63, 3.8) is 0 Å². The molecule has 0 saturated heterocycles. The normalized spacial score (nSPS) is 12.8. The molecule has 0 aliphatic rings. The summed E-state index contributed by atoms with van der Waals surface area (Å²) in [4.78, 5) is 8.98. The molecule has 0 aliphatic carbocycles. The smallest absolute Gasteiger partial charge is 0.357 e. The summed E-state index contributed by atoms with van der Waals surface area (Å²) in [5.74, 6) is 0. The highest BCUT2D eigenvalue weighted by molar-refractivity contribution is 7.80. The van der Waals surface area contributed by atoms with Gasteiger partial charge < -0.3 is 5.32 Å². The number of alkyl halides is 3. The van der Waals surface area contributed by atoms with E-state index >= 15 is 0 Å². The van der Waals surface area contributed by atoms with Gasteiger partial charge in [0.25, 0.3) is 0 Å². The van der Waals surface area contributed by atoms with Gasteiger partial charge in [-0.1, -0.05) is 11.6 Å². The number of rotatable bonds is 3. The second-order valence-corrected chi connectivity index (χ2v) is 8.81. The molecule has 0 saturated carbocycles. The molecular weight excluding hydrogens is 431 g/mol. The number of halogens is 4. The maximum Gasteiger partial charge on any atom is 0.417 e. The third-order valence-corrected chi connectivity index (χ3v) is 5.06. The predicted octanol–water partition coefficient (Wildman–Crippen LogP) is 5.17. The van der Waals surface area contributed by atoms with Crippen molar-refractivity contribution >= 4 is 46.0 Å². The van der Waals surface area contributed by atoms with E-state index in [0.717, 1.165) is 17.1 Å². The van der Waals surface area contributed by atoms with Gasteiger partial charge in [0.05, 0.1) is 26.9 Å². The van der Waals surface area contributed by atoms with E-state index in [1.54, 1.807) is 13.8 Å². The number of pyridine rings is 1. The van der Waals surface area contributed by atoms with Crippen LogP contribution in [0, 0.1) is 6.92 Å². The highest BCUT2D eigenvalue weighted by Crippen LogP contribution is 2.36. The van der Waals surface area contributed by atoms with Gasteiger partial charge in [0, 0.05) is 11.7 Å². The molecule has 152 valence electrons. The molecule has 0 aliphatic heterocycles. The van der Waals surface area contributed by atoms with Crippen molar-refractivity contribution in [1.82, 2.24) is 20.7 Å². The molecule has 0 bridgehead atoms. The van der Waals surface area contributed by atoms with Crippen LogP contribution in [0.1, 0.15) is 43.8 Å². The Morgan fingerprint density at radius 1 is 1.29 bits per heavy atom. The summed E-state index contributed by atoms with van der Waals surface area (Å²) in [5, 5.41) is 8.00. The zero-order valence-corrected chi connectivity index (χ0v) is 18.2. The molecule has 2 heterocycles. The van der Waals surface area contributed by atoms with Crippen LogP contribution >= 0.6 is 35.2 Å². The first-order valence-corrected chi connectivity index (χ1v) is 9.71. The molecule has 0 aromatic carbocycles. The minimum atomic E-state index is -4.51. The summed E-state index contributed by atoms with van der Waals surface area (Å²) in [6, 6.07) is 0.847. The van der Waals surface area contributed by atoms with Crippen molar-refractivity contribution in [3.8, 4) is 10.7 Å². The number of nitrogens with zero attached hydrogens (tertiary/aromatic N) is 3. The van der Waals surface area contributed by atoms with Gasteiger partial charge in [-0.25, -0.2) is 4.98 Å². The minimum Gasteiger partial charge on any atom is -0.357 e. The number of hydrogen-bond acceptors (Lipinski definition) is 5. The van der Waals surface area contributed by atoms with Crippen molar-refractivity contribution in [1.29, 1.82) is 0 Å². The van der Waals surface area contributed by atoms with E-state index in [0.29, 0.717) is 21.5 Å². The lowest BCUT2D eigenvalue weighted by Gasteiger charge is -2.21. The highest BCUT2D eigenvalue weighted by atomic mass is 35.5. The molecule has 0 radical (unpaired) electrons. The Labute approximate surface area is 175 Å². The summed E-state index contributed by atoms with van der Waals surface area (Å²) in [7, 11) is 0. The first-order valence-electron chi connectivity index (χ1n) is 8.11. The summed E-state index contributed by atoms with van der Waals surface area (Å²) in [6.45, 7) is 9.46. The van der Waals surface area contributed by atoms with Gasteiger partial charge in [0.1, 0.15) is 10.7 Å². The Kier molecular flexibility index (Phi) is 6.67. The van der Waals surface area contributed by atoms with Gasteiger partial charge in [-0.05, 0) is 52.9 Å². The SMILES string of the molecule is C/C(=N\NC(=S)NC(C)(C)C)c1sc(-c2ncc(C(F)(F)F)cc2Cl)nc1C. The van der Waals surface area contributed by atoms with Crippen LogP contribution in [-0.2, 0) is 6.18 Å². The molecule has 11 heteroatoms.